The molecule has 1 heteroatoms. The summed E-state index contributed by atoms with van der Waals surface area (Å²) in [5, 5.41) is 0. The van der Waals surface area contributed by atoms with Gasteiger partial charge in [-0.05, 0) is 36.8 Å². The summed E-state index contributed by atoms with van der Waals surface area (Å²) >= 11 is 0. The molecule has 0 aliphatic heterocycles. The van der Waals surface area contributed by atoms with Crippen LogP contribution in [0.1, 0.15) is 18.4 Å². The van der Waals surface area contributed by atoms with Crippen molar-refractivity contribution in [2.75, 3.05) is 6.54 Å². The minimum Gasteiger partial charge on any atom is -0.330 e. The summed E-state index contributed by atoms with van der Waals surface area (Å²) in [4.78, 5) is 0. The van der Waals surface area contributed by atoms with Crippen molar-refractivity contribution in [2.24, 2.45) is 11.1 Å². The van der Waals surface area contributed by atoms with E-state index in [-0.39, 0.29) is 0 Å². The topological polar surface area (TPSA) is 26.0 Å². The zero-order chi connectivity index (χ0) is 8.44. The van der Waals surface area contributed by atoms with Gasteiger partial charge in [0.15, 0.2) is 0 Å². The monoisotopic (exact) mass is 161 g/mol. The third kappa shape index (κ3) is 1.51. The average molecular weight is 161 g/mol. The molecule has 12 heavy (non-hydrogen) atoms. The van der Waals surface area contributed by atoms with Crippen LogP contribution in [0.2, 0.25) is 0 Å². The fraction of sp³-hybridized carbons (Fsp3) is 0.455. The van der Waals surface area contributed by atoms with Crippen LogP contribution in [0.15, 0.2) is 30.3 Å². The van der Waals surface area contributed by atoms with Crippen molar-refractivity contribution in [3.05, 3.63) is 35.9 Å². The summed E-state index contributed by atoms with van der Waals surface area (Å²) in [5.74, 6) is 0. The van der Waals surface area contributed by atoms with Crippen LogP contribution in [0.5, 0.6) is 0 Å². The minimum absolute atomic E-state index is 0.474. The highest BCUT2D eigenvalue weighted by Crippen LogP contribution is 2.47. The number of hydrogen-bond donors (Lipinski definition) is 1. The van der Waals surface area contributed by atoms with Gasteiger partial charge in [-0.3, -0.25) is 0 Å². The van der Waals surface area contributed by atoms with Gasteiger partial charge in [-0.15, -0.1) is 0 Å². The van der Waals surface area contributed by atoms with Gasteiger partial charge in [0, 0.05) is 0 Å². The first-order valence-electron chi connectivity index (χ1n) is 4.59. The molecule has 0 bridgehead atoms. The van der Waals surface area contributed by atoms with Crippen LogP contribution < -0.4 is 5.73 Å². The van der Waals surface area contributed by atoms with Crippen LogP contribution in [-0.4, -0.2) is 6.54 Å². The molecule has 0 spiro atoms. The zero-order valence-electron chi connectivity index (χ0n) is 7.29. The van der Waals surface area contributed by atoms with Gasteiger partial charge in [0.05, 0.1) is 0 Å². The minimum atomic E-state index is 0.474. The molecule has 1 aliphatic carbocycles. The van der Waals surface area contributed by atoms with Gasteiger partial charge < -0.3 is 5.73 Å². The van der Waals surface area contributed by atoms with E-state index in [1.54, 1.807) is 0 Å². The second-order valence-corrected chi connectivity index (χ2v) is 3.87. The zero-order valence-corrected chi connectivity index (χ0v) is 7.29. The van der Waals surface area contributed by atoms with E-state index in [0.717, 1.165) is 6.54 Å². The lowest BCUT2D eigenvalue weighted by Crippen LogP contribution is -2.17. The molecule has 0 radical (unpaired) electrons. The molecule has 0 unspecified atom stereocenters. The number of benzene rings is 1. The Bertz CT molecular complexity index is 249. The van der Waals surface area contributed by atoms with Gasteiger partial charge in [0.2, 0.25) is 0 Å². The van der Waals surface area contributed by atoms with E-state index in [9.17, 15) is 0 Å². The fourth-order valence-electron chi connectivity index (χ4n) is 1.66. The van der Waals surface area contributed by atoms with Crippen molar-refractivity contribution in [3.8, 4) is 0 Å². The van der Waals surface area contributed by atoms with E-state index >= 15 is 0 Å². The van der Waals surface area contributed by atoms with Gasteiger partial charge in [0.25, 0.3) is 0 Å². The molecule has 0 saturated heterocycles. The Labute approximate surface area is 73.6 Å². The maximum Gasteiger partial charge on any atom is -0.00173 e. The maximum atomic E-state index is 5.72. The second kappa shape index (κ2) is 2.91. The summed E-state index contributed by atoms with van der Waals surface area (Å²) in [6.07, 6.45) is 3.81. The lowest BCUT2D eigenvalue weighted by atomic mass is 9.97. The summed E-state index contributed by atoms with van der Waals surface area (Å²) < 4.78 is 0. The molecule has 2 N–H and O–H groups in total. The van der Waals surface area contributed by atoms with Crippen molar-refractivity contribution in [1.82, 2.24) is 0 Å². The Balaban J connectivity index is 2.04. The molecule has 1 saturated carbocycles. The first kappa shape index (κ1) is 7.81. The Morgan fingerprint density at radius 3 is 2.33 bits per heavy atom. The number of rotatable bonds is 3. The molecule has 1 aromatic carbocycles. The van der Waals surface area contributed by atoms with Crippen LogP contribution in [-0.2, 0) is 6.42 Å². The Hall–Kier alpha value is -0.820. The third-order valence-electron chi connectivity index (χ3n) is 2.81. The highest BCUT2D eigenvalue weighted by atomic mass is 14.6. The molecule has 1 nitrogen and oxygen atoms in total. The van der Waals surface area contributed by atoms with Crippen LogP contribution in [0.3, 0.4) is 0 Å². The Kier molecular flexibility index (Phi) is 1.89. The van der Waals surface area contributed by atoms with Gasteiger partial charge >= 0.3 is 0 Å². The fourth-order valence-corrected chi connectivity index (χ4v) is 1.66. The molecule has 2 rings (SSSR count). The predicted octanol–water partition coefficient (Wildman–Crippen LogP) is 1.97. The second-order valence-electron chi connectivity index (χ2n) is 3.87. The first-order valence-corrected chi connectivity index (χ1v) is 4.59. The van der Waals surface area contributed by atoms with E-state index in [2.05, 4.69) is 30.3 Å². The van der Waals surface area contributed by atoms with E-state index in [1.807, 2.05) is 0 Å². The maximum absolute atomic E-state index is 5.72. The van der Waals surface area contributed by atoms with Crippen LogP contribution in [0.25, 0.3) is 0 Å². The van der Waals surface area contributed by atoms with E-state index in [1.165, 1.54) is 24.8 Å². The molecule has 64 valence electrons. The summed E-state index contributed by atoms with van der Waals surface area (Å²) in [6, 6.07) is 10.6. The molecule has 0 amide bonds. The van der Waals surface area contributed by atoms with Gasteiger partial charge in [-0.2, -0.15) is 0 Å². The van der Waals surface area contributed by atoms with Crippen molar-refractivity contribution in [1.29, 1.82) is 0 Å². The largest absolute Gasteiger partial charge is 0.330 e. The van der Waals surface area contributed by atoms with Crippen molar-refractivity contribution in [2.45, 2.75) is 19.3 Å². The lowest BCUT2D eigenvalue weighted by Gasteiger charge is -2.11. The van der Waals surface area contributed by atoms with Crippen molar-refractivity contribution < 1.29 is 0 Å². The quantitative estimate of drug-likeness (QED) is 0.720. The number of hydrogen-bond acceptors (Lipinski definition) is 1. The molecule has 0 heterocycles. The highest BCUT2D eigenvalue weighted by molar-refractivity contribution is 5.18. The summed E-state index contributed by atoms with van der Waals surface area (Å²) in [6.45, 7) is 0.849. The Morgan fingerprint density at radius 1 is 1.17 bits per heavy atom. The van der Waals surface area contributed by atoms with Gasteiger partial charge in [0.1, 0.15) is 0 Å². The molecular formula is C11H15N. The van der Waals surface area contributed by atoms with Crippen molar-refractivity contribution in [3.63, 3.8) is 0 Å². The third-order valence-corrected chi connectivity index (χ3v) is 2.81. The molecule has 1 fully saturated rings. The molecule has 0 aromatic heterocycles. The molecule has 1 aromatic rings. The summed E-state index contributed by atoms with van der Waals surface area (Å²) in [5.41, 5.74) is 7.62. The predicted molar refractivity (Wildman–Crippen MR) is 50.9 cm³/mol. The summed E-state index contributed by atoms with van der Waals surface area (Å²) in [7, 11) is 0. The average Bonchev–Trinajstić information content (AvgIpc) is 2.88. The highest BCUT2D eigenvalue weighted by Gasteiger charge is 2.40. The molecule has 1 aliphatic rings. The van der Waals surface area contributed by atoms with E-state index in [0.29, 0.717) is 5.41 Å². The molecule has 0 atom stereocenters. The lowest BCUT2D eigenvalue weighted by molar-refractivity contribution is 0.521. The van der Waals surface area contributed by atoms with Crippen LogP contribution in [0.4, 0.5) is 0 Å². The van der Waals surface area contributed by atoms with Gasteiger partial charge in [-0.1, -0.05) is 30.3 Å². The van der Waals surface area contributed by atoms with Gasteiger partial charge in [-0.25, -0.2) is 0 Å². The van der Waals surface area contributed by atoms with E-state index < -0.39 is 0 Å². The standard InChI is InChI=1S/C11H15N/c12-9-11(6-7-11)8-10-4-2-1-3-5-10/h1-5H,6-9,12H2. The first-order chi connectivity index (χ1) is 5.85. The van der Waals surface area contributed by atoms with Crippen molar-refractivity contribution >= 4 is 0 Å². The smallest absolute Gasteiger partial charge is 0.00173 e. The molecular weight excluding hydrogens is 146 g/mol. The van der Waals surface area contributed by atoms with Crippen LogP contribution in [0, 0.1) is 5.41 Å². The Morgan fingerprint density at radius 2 is 1.83 bits per heavy atom. The van der Waals surface area contributed by atoms with E-state index in [4.69, 9.17) is 5.73 Å². The SMILES string of the molecule is NCC1(Cc2ccccc2)CC1. The van der Waals surface area contributed by atoms with Crippen LogP contribution >= 0.6 is 0 Å². The number of nitrogens with two attached hydrogens (primary N) is 1. The normalized spacial score (nSPS) is 19.1.